The van der Waals surface area contributed by atoms with Crippen LogP contribution in [0.15, 0.2) is 71.9 Å². The highest BCUT2D eigenvalue weighted by Gasteiger charge is 2.11. The summed E-state index contributed by atoms with van der Waals surface area (Å²) in [7, 11) is 1.67. The Morgan fingerprint density at radius 2 is 1.96 bits per heavy atom. The SMILES string of the molecule is COc1cc(-c2cc(Cn3cnc4ccccc43)ccc2C#N)ccc1SC. The van der Waals surface area contributed by atoms with Crippen molar-refractivity contribution in [1.82, 2.24) is 9.55 Å². The average Bonchev–Trinajstić information content (AvgIpc) is 3.16. The van der Waals surface area contributed by atoms with Gasteiger partial charge in [0.15, 0.2) is 0 Å². The molecule has 0 aliphatic carbocycles. The molecule has 1 heterocycles. The fourth-order valence-corrected chi connectivity index (χ4v) is 3.91. The molecular weight excluding hydrogens is 366 g/mol. The minimum atomic E-state index is 0.651. The number of benzene rings is 3. The Hall–Kier alpha value is -3.23. The van der Waals surface area contributed by atoms with Crippen LogP contribution >= 0.6 is 11.8 Å². The summed E-state index contributed by atoms with van der Waals surface area (Å²) in [5.41, 5.74) is 5.73. The number of para-hydroxylation sites is 2. The molecule has 0 saturated heterocycles. The van der Waals surface area contributed by atoms with Gasteiger partial charge in [0.2, 0.25) is 0 Å². The fraction of sp³-hybridized carbons (Fsp3) is 0.130. The lowest BCUT2D eigenvalue weighted by molar-refractivity contribution is 0.405. The molecule has 3 aromatic carbocycles. The lowest BCUT2D eigenvalue weighted by Crippen LogP contribution is -1.99. The van der Waals surface area contributed by atoms with Gasteiger partial charge in [-0.25, -0.2) is 4.98 Å². The van der Waals surface area contributed by atoms with E-state index in [1.807, 2.05) is 61.1 Å². The molecule has 0 unspecified atom stereocenters. The molecule has 0 bridgehead atoms. The van der Waals surface area contributed by atoms with Crippen LogP contribution in [0.5, 0.6) is 5.75 Å². The van der Waals surface area contributed by atoms with Gasteiger partial charge in [-0.1, -0.05) is 24.3 Å². The van der Waals surface area contributed by atoms with E-state index < -0.39 is 0 Å². The molecule has 0 aliphatic heterocycles. The molecule has 0 radical (unpaired) electrons. The summed E-state index contributed by atoms with van der Waals surface area (Å²) >= 11 is 1.64. The predicted molar refractivity (Wildman–Crippen MR) is 114 cm³/mol. The van der Waals surface area contributed by atoms with Gasteiger partial charge in [-0.15, -0.1) is 11.8 Å². The van der Waals surface area contributed by atoms with Crippen molar-refractivity contribution >= 4 is 22.8 Å². The van der Waals surface area contributed by atoms with E-state index in [0.29, 0.717) is 12.1 Å². The highest BCUT2D eigenvalue weighted by atomic mass is 32.2. The second-order valence-corrected chi connectivity index (χ2v) is 7.27. The van der Waals surface area contributed by atoms with Crippen molar-refractivity contribution in [2.24, 2.45) is 0 Å². The van der Waals surface area contributed by atoms with E-state index in [9.17, 15) is 5.26 Å². The first-order valence-electron chi connectivity index (χ1n) is 8.89. The van der Waals surface area contributed by atoms with Crippen LogP contribution < -0.4 is 4.74 Å². The molecule has 0 atom stereocenters. The summed E-state index contributed by atoms with van der Waals surface area (Å²) in [4.78, 5) is 5.54. The first-order chi connectivity index (χ1) is 13.7. The van der Waals surface area contributed by atoms with Crippen molar-refractivity contribution in [2.75, 3.05) is 13.4 Å². The summed E-state index contributed by atoms with van der Waals surface area (Å²) in [5, 5.41) is 9.60. The second-order valence-electron chi connectivity index (χ2n) is 6.42. The lowest BCUT2D eigenvalue weighted by Gasteiger charge is -2.12. The van der Waals surface area contributed by atoms with Crippen LogP contribution in [0, 0.1) is 11.3 Å². The number of rotatable bonds is 5. The quantitative estimate of drug-likeness (QED) is 0.434. The molecule has 0 spiro atoms. The molecule has 0 fully saturated rings. The van der Waals surface area contributed by atoms with Crippen molar-refractivity contribution < 1.29 is 4.74 Å². The Bertz CT molecular complexity index is 1190. The van der Waals surface area contributed by atoms with Crippen LogP contribution in [0.4, 0.5) is 0 Å². The smallest absolute Gasteiger partial charge is 0.133 e. The Balaban J connectivity index is 1.75. The van der Waals surface area contributed by atoms with Gasteiger partial charge in [0.1, 0.15) is 5.75 Å². The van der Waals surface area contributed by atoms with Crippen molar-refractivity contribution in [3.8, 4) is 22.9 Å². The van der Waals surface area contributed by atoms with Gasteiger partial charge >= 0.3 is 0 Å². The first kappa shape index (κ1) is 18.1. The van der Waals surface area contributed by atoms with Crippen LogP contribution in [0.3, 0.4) is 0 Å². The monoisotopic (exact) mass is 385 g/mol. The standard InChI is InChI=1S/C23H19N3OS/c1-27-22-12-17(9-10-23(22)28-2)19-11-16(7-8-18(19)13-24)14-26-15-25-20-5-3-4-6-21(20)26/h3-12,15H,14H2,1-2H3. The Morgan fingerprint density at radius 1 is 1.11 bits per heavy atom. The predicted octanol–water partition coefficient (Wildman–Crippen LogP) is 5.35. The highest BCUT2D eigenvalue weighted by molar-refractivity contribution is 7.98. The van der Waals surface area contributed by atoms with Gasteiger partial charge in [-0.2, -0.15) is 5.26 Å². The first-order valence-corrected chi connectivity index (χ1v) is 10.1. The van der Waals surface area contributed by atoms with Gasteiger partial charge in [0.25, 0.3) is 0 Å². The third-order valence-corrected chi connectivity index (χ3v) is 5.56. The van der Waals surface area contributed by atoms with E-state index in [2.05, 4.69) is 27.8 Å². The molecule has 0 amide bonds. The highest BCUT2D eigenvalue weighted by Crippen LogP contribution is 2.34. The van der Waals surface area contributed by atoms with Crippen LogP contribution in [0.1, 0.15) is 11.1 Å². The number of methoxy groups -OCH3 is 1. The Labute approximate surface area is 168 Å². The van der Waals surface area contributed by atoms with Crippen LogP contribution in [-0.4, -0.2) is 22.9 Å². The van der Waals surface area contributed by atoms with Crippen molar-refractivity contribution in [1.29, 1.82) is 5.26 Å². The van der Waals surface area contributed by atoms with Crippen LogP contribution in [0.2, 0.25) is 0 Å². The van der Waals surface area contributed by atoms with Gasteiger partial charge < -0.3 is 9.30 Å². The number of ether oxygens (including phenoxy) is 1. The van der Waals surface area contributed by atoms with Crippen LogP contribution in [-0.2, 0) is 6.54 Å². The summed E-state index contributed by atoms with van der Waals surface area (Å²) in [5.74, 6) is 0.819. The number of fused-ring (bicyclic) bond motifs is 1. The molecular formula is C23H19N3OS. The molecule has 138 valence electrons. The molecule has 0 saturated carbocycles. The summed E-state index contributed by atoms with van der Waals surface area (Å²) < 4.78 is 7.64. The number of imidazole rings is 1. The zero-order valence-corrected chi connectivity index (χ0v) is 16.5. The van der Waals surface area contributed by atoms with Crippen LogP contribution in [0.25, 0.3) is 22.2 Å². The molecule has 5 heteroatoms. The van der Waals surface area contributed by atoms with Gasteiger partial charge in [0, 0.05) is 11.4 Å². The third-order valence-electron chi connectivity index (χ3n) is 4.78. The van der Waals surface area contributed by atoms with Crippen molar-refractivity contribution in [3.05, 3.63) is 78.1 Å². The molecule has 4 aromatic rings. The Kier molecular flexibility index (Phi) is 5.05. The number of nitriles is 1. The number of hydrogen-bond acceptors (Lipinski definition) is 4. The third kappa shape index (κ3) is 3.35. The van der Waals surface area contributed by atoms with E-state index in [-0.39, 0.29) is 0 Å². The molecule has 0 aliphatic rings. The van der Waals surface area contributed by atoms with E-state index in [1.165, 1.54) is 0 Å². The average molecular weight is 385 g/mol. The number of thioether (sulfide) groups is 1. The van der Waals surface area contributed by atoms with Gasteiger partial charge in [-0.05, 0) is 59.3 Å². The maximum atomic E-state index is 9.60. The maximum Gasteiger partial charge on any atom is 0.133 e. The zero-order chi connectivity index (χ0) is 19.5. The number of nitrogens with zero attached hydrogens (tertiary/aromatic N) is 3. The normalized spacial score (nSPS) is 10.8. The van der Waals surface area contributed by atoms with E-state index in [0.717, 1.165) is 38.4 Å². The van der Waals surface area contributed by atoms with Gasteiger partial charge in [0.05, 0.1) is 36.1 Å². The molecule has 4 rings (SSSR count). The maximum absolute atomic E-state index is 9.60. The van der Waals surface area contributed by atoms with Gasteiger partial charge in [-0.3, -0.25) is 0 Å². The van der Waals surface area contributed by atoms with E-state index in [1.54, 1.807) is 18.9 Å². The number of aromatic nitrogens is 2. The minimum absolute atomic E-state index is 0.651. The lowest BCUT2D eigenvalue weighted by atomic mass is 9.97. The minimum Gasteiger partial charge on any atom is -0.496 e. The van der Waals surface area contributed by atoms with Crippen molar-refractivity contribution in [2.45, 2.75) is 11.4 Å². The topological polar surface area (TPSA) is 50.8 Å². The van der Waals surface area contributed by atoms with E-state index >= 15 is 0 Å². The largest absolute Gasteiger partial charge is 0.496 e. The Morgan fingerprint density at radius 3 is 2.75 bits per heavy atom. The molecule has 4 nitrogen and oxygen atoms in total. The van der Waals surface area contributed by atoms with E-state index in [4.69, 9.17) is 4.74 Å². The molecule has 28 heavy (non-hydrogen) atoms. The summed E-state index contributed by atoms with van der Waals surface area (Å²) in [6.45, 7) is 0.694. The summed E-state index contributed by atoms with van der Waals surface area (Å²) in [6.07, 6.45) is 3.88. The number of hydrogen-bond donors (Lipinski definition) is 0. The molecule has 0 N–H and O–H groups in total. The van der Waals surface area contributed by atoms with Crippen molar-refractivity contribution in [3.63, 3.8) is 0 Å². The zero-order valence-electron chi connectivity index (χ0n) is 15.7. The molecule has 1 aromatic heterocycles. The summed E-state index contributed by atoms with van der Waals surface area (Å²) in [6, 6.07) is 22.5. The second kappa shape index (κ2) is 7.79. The fourth-order valence-electron chi connectivity index (χ4n) is 3.36.